The number of rotatable bonds is 2. The van der Waals surface area contributed by atoms with Gasteiger partial charge in [-0.05, 0) is 54.8 Å². The first-order valence-electron chi connectivity index (χ1n) is 8.77. The molecule has 2 aliphatic heterocycles. The molecule has 144 valence electrons. The van der Waals surface area contributed by atoms with Gasteiger partial charge in [-0.25, -0.2) is 8.42 Å². The molecule has 0 fully saturated rings. The van der Waals surface area contributed by atoms with Crippen molar-refractivity contribution in [2.75, 3.05) is 19.8 Å². The lowest BCUT2D eigenvalue weighted by molar-refractivity contribution is 0.296. The summed E-state index contributed by atoms with van der Waals surface area (Å²) in [6.45, 7) is 3.44. The highest BCUT2D eigenvalue weighted by Gasteiger charge is 2.36. The number of hydrogen-bond donors (Lipinski definition) is 0. The van der Waals surface area contributed by atoms with Gasteiger partial charge in [0.05, 0.1) is 18.2 Å². The molecule has 2 aromatic rings. The second-order valence-corrected chi connectivity index (χ2v) is 9.37. The van der Waals surface area contributed by atoms with Crippen molar-refractivity contribution < 1.29 is 17.9 Å². The van der Waals surface area contributed by atoms with Crippen LogP contribution in [0.1, 0.15) is 30.5 Å². The fourth-order valence-electron chi connectivity index (χ4n) is 3.58. The maximum Gasteiger partial charge on any atom is 0.245 e. The molecule has 0 radical (unpaired) electrons. The Hall–Kier alpha value is -1.47. The third kappa shape index (κ3) is 3.40. The minimum Gasteiger partial charge on any atom is -0.490 e. The Morgan fingerprint density at radius 3 is 2.52 bits per heavy atom. The number of benzene rings is 2. The summed E-state index contributed by atoms with van der Waals surface area (Å²) in [6, 6.07) is 8.00. The van der Waals surface area contributed by atoms with Crippen molar-refractivity contribution in [1.29, 1.82) is 0 Å². The Kier molecular flexibility index (Phi) is 5.01. The summed E-state index contributed by atoms with van der Waals surface area (Å²) >= 11 is 12.2. The van der Waals surface area contributed by atoms with Crippen molar-refractivity contribution in [2.24, 2.45) is 0 Å². The van der Waals surface area contributed by atoms with E-state index in [4.69, 9.17) is 32.7 Å². The van der Waals surface area contributed by atoms with Gasteiger partial charge in [-0.1, -0.05) is 23.2 Å². The van der Waals surface area contributed by atoms with Crippen LogP contribution in [-0.2, 0) is 16.4 Å². The van der Waals surface area contributed by atoms with E-state index >= 15 is 0 Å². The van der Waals surface area contributed by atoms with Gasteiger partial charge >= 0.3 is 0 Å². The molecule has 0 bridgehead atoms. The Bertz CT molecular complexity index is 993. The number of sulfonamides is 1. The van der Waals surface area contributed by atoms with Gasteiger partial charge in [-0.15, -0.1) is 0 Å². The predicted octanol–water partition coefficient (Wildman–Crippen LogP) is 4.46. The van der Waals surface area contributed by atoms with Crippen molar-refractivity contribution in [2.45, 2.75) is 30.7 Å². The molecule has 4 rings (SSSR count). The summed E-state index contributed by atoms with van der Waals surface area (Å²) in [4.78, 5) is 0.0290. The molecule has 5 nitrogen and oxygen atoms in total. The summed E-state index contributed by atoms with van der Waals surface area (Å²) < 4.78 is 39.5. The van der Waals surface area contributed by atoms with E-state index in [2.05, 4.69) is 0 Å². The third-order valence-corrected chi connectivity index (χ3v) is 7.66. The van der Waals surface area contributed by atoms with Crippen LogP contribution >= 0.6 is 23.2 Å². The molecule has 0 amide bonds. The second-order valence-electron chi connectivity index (χ2n) is 6.66. The highest BCUT2D eigenvalue weighted by atomic mass is 35.5. The Balaban J connectivity index is 1.74. The van der Waals surface area contributed by atoms with Crippen LogP contribution in [-0.4, -0.2) is 32.5 Å². The highest BCUT2D eigenvalue weighted by Crippen LogP contribution is 2.41. The molecular formula is C19H19Cl2NO4S. The molecule has 8 heteroatoms. The minimum atomic E-state index is -3.79. The van der Waals surface area contributed by atoms with Crippen LogP contribution in [0.25, 0.3) is 0 Å². The van der Waals surface area contributed by atoms with Crippen molar-refractivity contribution in [3.05, 3.63) is 51.5 Å². The topological polar surface area (TPSA) is 55.8 Å². The minimum absolute atomic E-state index is 0.0290. The molecule has 1 unspecified atom stereocenters. The monoisotopic (exact) mass is 427 g/mol. The normalized spacial score (nSPS) is 20.0. The standard InChI is InChI=1S/C19H19Cl2NO4S/c1-12-15-11-18-17(25-7-2-8-26-18)9-13(15)5-6-22(12)27(23,24)19-10-14(20)3-4-16(19)21/h3-4,9-12H,2,5-8H2,1H3. The van der Waals surface area contributed by atoms with Crippen LogP contribution in [0.2, 0.25) is 10.0 Å². The van der Waals surface area contributed by atoms with E-state index in [-0.39, 0.29) is 16.0 Å². The van der Waals surface area contributed by atoms with E-state index in [1.807, 2.05) is 19.1 Å². The molecule has 0 aromatic heterocycles. The number of ether oxygens (including phenoxy) is 2. The van der Waals surface area contributed by atoms with Crippen LogP contribution < -0.4 is 9.47 Å². The number of nitrogens with zero attached hydrogens (tertiary/aromatic N) is 1. The van der Waals surface area contributed by atoms with E-state index in [1.54, 1.807) is 6.07 Å². The van der Waals surface area contributed by atoms with Crippen molar-refractivity contribution in [3.8, 4) is 11.5 Å². The molecule has 27 heavy (non-hydrogen) atoms. The van der Waals surface area contributed by atoms with Crippen LogP contribution in [0, 0.1) is 0 Å². The molecule has 2 heterocycles. The fraction of sp³-hybridized carbons (Fsp3) is 0.368. The largest absolute Gasteiger partial charge is 0.490 e. The van der Waals surface area contributed by atoms with Gasteiger partial charge in [0, 0.05) is 24.0 Å². The predicted molar refractivity (Wildman–Crippen MR) is 105 cm³/mol. The Morgan fingerprint density at radius 1 is 1.07 bits per heavy atom. The molecule has 0 saturated carbocycles. The van der Waals surface area contributed by atoms with Crippen molar-refractivity contribution in [1.82, 2.24) is 4.31 Å². The summed E-state index contributed by atoms with van der Waals surface area (Å²) in [7, 11) is -3.79. The van der Waals surface area contributed by atoms with Gasteiger partial charge in [-0.3, -0.25) is 0 Å². The van der Waals surface area contributed by atoms with Gasteiger partial charge in [0.15, 0.2) is 11.5 Å². The van der Waals surface area contributed by atoms with E-state index < -0.39 is 10.0 Å². The molecule has 0 spiro atoms. The van der Waals surface area contributed by atoms with Gasteiger partial charge in [0.25, 0.3) is 0 Å². The summed E-state index contributed by atoms with van der Waals surface area (Å²) in [5.74, 6) is 1.39. The Labute approximate surface area is 168 Å². The van der Waals surface area contributed by atoms with E-state index in [9.17, 15) is 8.42 Å². The second kappa shape index (κ2) is 7.17. The first-order valence-corrected chi connectivity index (χ1v) is 11.0. The molecule has 2 aliphatic rings. The summed E-state index contributed by atoms with van der Waals surface area (Å²) in [6.07, 6.45) is 1.41. The molecule has 0 aliphatic carbocycles. The number of halogens is 2. The molecular weight excluding hydrogens is 409 g/mol. The fourth-order valence-corrected chi connectivity index (χ4v) is 5.93. The van der Waals surface area contributed by atoms with Gasteiger partial charge < -0.3 is 9.47 Å². The van der Waals surface area contributed by atoms with Gasteiger partial charge in [0.1, 0.15) is 4.90 Å². The van der Waals surface area contributed by atoms with Crippen LogP contribution in [0.15, 0.2) is 35.2 Å². The quantitative estimate of drug-likeness (QED) is 0.709. The van der Waals surface area contributed by atoms with Crippen LogP contribution in [0.5, 0.6) is 11.5 Å². The maximum atomic E-state index is 13.3. The molecule has 2 aromatic carbocycles. The van der Waals surface area contributed by atoms with Gasteiger partial charge in [0.2, 0.25) is 10.0 Å². The zero-order valence-corrected chi connectivity index (χ0v) is 17.1. The van der Waals surface area contributed by atoms with Gasteiger partial charge in [-0.2, -0.15) is 4.31 Å². The average Bonchev–Trinajstić information content (AvgIpc) is 2.87. The third-order valence-electron chi connectivity index (χ3n) is 4.97. The lowest BCUT2D eigenvalue weighted by Gasteiger charge is -2.35. The summed E-state index contributed by atoms with van der Waals surface area (Å²) in [5.41, 5.74) is 2.00. The molecule has 0 N–H and O–H groups in total. The zero-order chi connectivity index (χ0) is 19.2. The summed E-state index contributed by atoms with van der Waals surface area (Å²) in [5, 5.41) is 0.495. The Morgan fingerprint density at radius 2 is 1.78 bits per heavy atom. The first kappa shape index (κ1) is 18.9. The van der Waals surface area contributed by atoms with E-state index in [0.29, 0.717) is 37.0 Å². The lowest BCUT2D eigenvalue weighted by atomic mass is 9.94. The van der Waals surface area contributed by atoms with Crippen molar-refractivity contribution in [3.63, 3.8) is 0 Å². The van der Waals surface area contributed by atoms with Crippen LogP contribution in [0.4, 0.5) is 0 Å². The first-order chi connectivity index (χ1) is 12.9. The smallest absolute Gasteiger partial charge is 0.245 e. The van der Waals surface area contributed by atoms with Crippen LogP contribution in [0.3, 0.4) is 0 Å². The number of fused-ring (bicyclic) bond motifs is 2. The average molecular weight is 428 g/mol. The zero-order valence-electron chi connectivity index (χ0n) is 14.7. The lowest BCUT2D eigenvalue weighted by Crippen LogP contribution is -2.39. The molecule has 1 atom stereocenters. The number of hydrogen-bond acceptors (Lipinski definition) is 4. The SMILES string of the molecule is CC1c2cc3c(cc2CCN1S(=O)(=O)c1cc(Cl)ccc1Cl)OCCCO3. The van der Waals surface area contributed by atoms with Crippen molar-refractivity contribution >= 4 is 33.2 Å². The van der Waals surface area contributed by atoms with E-state index in [0.717, 1.165) is 23.3 Å². The van der Waals surface area contributed by atoms with E-state index in [1.165, 1.54) is 16.4 Å². The maximum absolute atomic E-state index is 13.3. The molecule has 0 saturated heterocycles. The highest BCUT2D eigenvalue weighted by molar-refractivity contribution is 7.89.